The van der Waals surface area contributed by atoms with Gasteiger partial charge in [-0.3, -0.25) is 4.79 Å². The highest BCUT2D eigenvalue weighted by Gasteiger charge is 2.37. The molecule has 0 aliphatic heterocycles. The molecule has 1 saturated carbocycles. The number of nitrogens with one attached hydrogen (secondary N) is 1. The number of hydrogen-bond acceptors (Lipinski definition) is 4. The maximum absolute atomic E-state index is 13.0. The number of carbonyl (C=O) groups excluding carboxylic acids is 1. The number of fused-ring (bicyclic) bond motifs is 1. The molecule has 0 radical (unpaired) electrons. The molecule has 0 saturated heterocycles. The summed E-state index contributed by atoms with van der Waals surface area (Å²) in [6.07, 6.45) is 3.01. The maximum atomic E-state index is 13.0. The molecule has 1 aliphatic carbocycles. The SMILES string of the molecule is Cc1nc2nc(C(F)(F)F)nn2c(C)c1CCC(=O)N[C@H](CC1CCCCC1)c1ccccc1. The van der Waals surface area contributed by atoms with E-state index >= 15 is 0 Å². The van der Waals surface area contributed by atoms with E-state index in [-0.39, 0.29) is 24.1 Å². The number of hydrogen-bond donors (Lipinski definition) is 1. The van der Waals surface area contributed by atoms with Gasteiger partial charge in [0.25, 0.3) is 11.6 Å². The van der Waals surface area contributed by atoms with Crippen LogP contribution in [0.5, 0.6) is 0 Å². The summed E-state index contributed by atoms with van der Waals surface area (Å²) in [5.41, 5.74) is 2.88. The lowest BCUT2D eigenvalue weighted by molar-refractivity contribution is -0.144. The number of carbonyl (C=O) groups is 1. The zero-order valence-electron chi connectivity index (χ0n) is 19.5. The van der Waals surface area contributed by atoms with Gasteiger partial charge < -0.3 is 5.32 Å². The quantitative estimate of drug-likeness (QED) is 0.490. The standard InChI is InChI=1S/C25H30F3N5O/c1-16-20(17(2)33-24(29-16)31-23(32-33)25(26,27)28)13-14-22(34)30-21(19-11-7-4-8-12-19)15-18-9-5-3-6-10-18/h4,7-8,11-12,18,21H,3,5-6,9-10,13-15H2,1-2H3,(H,30,34)/t21-/m1/s1. The average molecular weight is 474 g/mol. The van der Waals surface area contributed by atoms with Crippen LogP contribution in [0.4, 0.5) is 13.2 Å². The summed E-state index contributed by atoms with van der Waals surface area (Å²) < 4.78 is 40.2. The van der Waals surface area contributed by atoms with Gasteiger partial charge in [0.2, 0.25) is 5.91 Å². The second-order valence-corrected chi connectivity index (χ2v) is 9.18. The highest BCUT2D eigenvalue weighted by atomic mass is 19.4. The Morgan fingerprint density at radius 3 is 2.50 bits per heavy atom. The van der Waals surface area contributed by atoms with Gasteiger partial charge in [-0.05, 0) is 43.7 Å². The van der Waals surface area contributed by atoms with E-state index in [0.717, 1.165) is 16.5 Å². The monoisotopic (exact) mass is 473 g/mol. The summed E-state index contributed by atoms with van der Waals surface area (Å²) in [5.74, 6) is -0.790. The first-order valence-corrected chi connectivity index (χ1v) is 11.9. The molecular formula is C25H30F3N5O. The van der Waals surface area contributed by atoms with Crippen LogP contribution in [0.3, 0.4) is 0 Å². The Bertz CT molecular complexity index is 1140. The van der Waals surface area contributed by atoms with Gasteiger partial charge >= 0.3 is 6.18 Å². The van der Waals surface area contributed by atoms with Crippen molar-refractivity contribution in [2.75, 3.05) is 0 Å². The van der Waals surface area contributed by atoms with Crippen LogP contribution in [-0.2, 0) is 17.4 Å². The van der Waals surface area contributed by atoms with Crippen molar-refractivity contribution in [2.24, 2.45) is 5.92 Å². The molecule has 3 aromatic rings. The van der Waals surface area contributed by atoms with Crippen molar-refractivity contribution in [1.29, 1.82) is 0 Å². The van der Waals surface area contributed by atoms with Crippen LogP contribution in [0.2, 0.25) is 0 Å². The lowest BCUT2D eigenvalue weighted by atomic mass is 9.83. The van der Waals surface area contributed by atoms with Crippen molar-refractivity contribution in [2.45, 2.75) is 77.4 Å². The summed E-state index contributed by atoms with van der Waals surface area (Å²) in [5, 5.41) is 6.79. The van der Waals surface area contributed by atoms with Crippen LogP contribution in [0.15, 0.2) is 30.3 Å². The summed E-state index contributed by atoms with van der Waals surface area (Å²) in [6, 6.07) is 9.97. The van der Waals surface area contributed by atoms with Gasteiger partial charge in [0.1, 0.15) is 0 Å². The fourth-order valence-corrected chi connectivity index (χ4v) is 4.92. The Hall–Kier alpha value is -2.97. The third-order valence-corrected chi connectivity index (χ3v) is 6.74. The van der Waals surface area contributed by atoms with E-state index in [1.807, 2.05) is 30.3 Å². The minimum atomic E-state index is -4.64. The van der Waals surface area contributed by atoms with Crippen LogP contribution in [0.25, 0.3) is 5.78 Å². The van der Waals surface area contributed by atoms with E-state index in [9.17, 15) is 18.0 Å². The fraction of sp³-hybridized carbons (Fsp3) is 0.520. The van der Waals surface area contributed by atoms with Gasteiger partial charge in [-0.1, -0.05) is 62.4 Å². The molecule has 34 heavy (non-hydrogen) atoms. The third kappa shape index (κ3) is 5.56. The highest BCUT2D eigenvalue weighted by molar-refractivity contribution is 5.76. The van der Waals surface area contributed by atoms with Crippen molar-refractivity contribution < 1.29 is 18.0 Å². The minimum Gasteiger partial charge on any atom is -0.349 e. The number of rotatable bonds is 7. The molecule has 1 aliphatic rings. The van der Waals surface area contributed by atoms with Gasteiger partial charge in [0.15, 0.2) is 0 Å². The Kier molecular flexibility index (Phi) is 7.19. The van der Waals surface area contributed by atoms with Gasteiger partial charge in [-0.15, -0.1) is 5.10 Å². The summed E-state index contributed by atoms with van der Waals surface area (Å²) in [6.45, 7) is 3.40. The van der Waals surface area contributed by atoms with Crippen LogP contribution in [-0.4, -0.2) is 25.5 Å². The van der Waals surface area contributed by atoms with Gasteiger partial charge in [0, 0.05) is 17.8 Å². The molecule has 9 heteroatoms. The van der Waals surface area contributed by atoms with E-state index in [2.05, 4.69) is 20.4 Å². The molecule has 4 rings (SSSR count). The molecule has 1 fully saturated rings. The molecule has 182 valence electrons. The smallest absolute Gasteiger partial charge is 0.349 e. The summed E-state index contributed by atoms with van der Waals surface area (Å²) in [4.78, 5) is 20.6. The Morgan fingerprint density at radius 2 is 1.82 bits per heavy atom. The van der Waals surface area contributed by atoms with Crippen molar-refractivity contribution >= 4 is 11.7 Å². The van der Waals surface area contributed by atoms with E-state index in [1.165, 1.54) is 32.1 Å². The van der Waals surface area contributed by atoms with Gasteiger partial charge in [0.05, 0.1) is 6.04 Å². The zero-order chi connectivity index (χ0) is 24.3. The average Bonchev–Trinajstić information content (AvgIpc) is 3.25. The van der Waals surface area contributed by atoms with Gasteiger partial charge in [-0.25, -0.2) is 9.50 Å². The van der Waals surface area contributed by atoms with E-state index in [1.54, 1.807) is 13.8 Å². The molecule has 0 spiro atoms. The normalized spacial score (nSPS) is 16.0. The lowest BCUT2D eigenvalue weighted by Gasteiger charge is -2.27. The number of alkyl halides is 3. The molecule has 1 atom stereocenters. The number of benzene rings is 1. The molecule has 1 N–H and O–H groups in total. The largest absolute Gasteiger partial charge is 0.453 e. The molecule has 2 aromatic heterocycles. The second-order valence-electron chi connectivity index (χ2n) is 9.18. The molecule has 1 amide bonds. The molecule has 6 nitrogen and oxygen atoms in total. The Morgan fingerprint density at radius 1 is 1.12 bits per heavy atom. The van der Waals surface area contributed by atoms with Crippen molar-refractivity contribution in [1.82, 2.24) is 24.9 Å². The third-order valence-electron chi connectivity index (χ3n) is 6.74. The molecular weight excluding hydrogens is 443 g/mol. The second kappa shape index (κ2) is 10.1. The predicted molar refractivity (Wildman–Crippen MR) is 122 cm³/mol. The van der Waals surface area contributed by atoms with Crippen LogP contribution in [0, 0.1) is 19.8 Å². The maximum Gasteiger partial charge on any atom is 0.453 e. The lowest BCUT2D eigenvalue weighted by Crippen LogP contribution is -2.30. The number of amides is 1. The summed E-state index contributed by atoms with van der Waals surface area (Å²) in [7, 11) is 0. The first-order chi connectivity index (χ1) is 16.2. The van der Waals surface area contributed by atoms with Crippen LogP contribution >= 0.6 is 0 Å². The minimum absolute atomic E-state index is 0.0516. The Labute approximate surface area is 197 Å². The highest BCUT2D eigenvalue weighted by Crippen LogP contribution is 2.32. The number of aromatic nitrogens is 4. The van der Waals surface area contributed by atoms with Crippen molar-refractivity contribution in [3.63, 3.8) is 0 Å². The Balaban J connectivity index is 1.47. The topological polar surface area (TPSA) is 72.2 Å². The number of aryl methyl sites for hydroxylation is 2. The predicted octanol–water partition coefficient (Wildman–Crippen LogP) is 5.52. The summed E-state index contributed by atoms with van der Waals surface area (Å²) >= 11 is 0. The molecule has 0 unspecified atom stereocenters. The fourth-order valence-electron chi connectivity index (χ4n) is 4.92. The molecule has 1 aromatic carbocycles. The zero-order valence-corrected chi connectivity index (χ0v) is 19.5. The molecule has 0 bridgehead atoms. The van der Waals surface area contributed by atoms with Crippen molar-refractivity contribution in [3.05, 3.63) is 58.7 Å². The van der Waals surface area contributed by atoms with Crippen LogP contribution < -0.4 is 5.32 Å². The van der Waals surface area contributed by atoms with E-state index < -0.39 is 12.0 Å². The van der Waals surface area contributed by atoms with E-state index in [0.29, 0.717) is 29.3 Å². The van der Waals surface area contributed by atoms with E-state index in [4.69, 9.17) is 0 Å². The number of nitrogens with zero attached hydrogens (tertiary/aromatic N) is 4. The molecule has 2 heterocycles. The first kappa shape index (κ1) is 24.2. The first-order valence-electron chi connectivity index (χ1n) is 11.9. The van der Waals surface area contributed by atoms with Crippen molar-refractivity contribution in [3.8, 4) is 0 Å². The van der Waals surface area contributed by atoms with Gasteiger partial charge in [-0.2, -0.15) is 18.2 Å². The van der Waals surface area contributed by atoms with Crippen LogP contribution in [0.1, 0.15) is 79.3 Å². The number of halogens is 3.